The number of rotatable bonds is 6. The van der Waals surface area contributed by atoms with Crippen LogP contribution in [0.15, 0.2) is 89.8 Å². The molecule has 0 aliphatic carbocycles. The average Bonchev–Trinajstić information content (AvgIpc) is 3.20. The Hall–Kier alpha value is -2.96. The minimum Gasteiger partial charge on any atom is -0.355 e. The van der Waals surface area contributed by atoms with Crippen LogP contribution >= 0.6 is 0 Å². The van der Waals surface area contributed by atoms with E-state index in [1.54, 1.807) is 24.3 Å². The van der Waals surface area contributed by atoms with Gasteiger partial charge in [-0.1, -0.05) is 72.8 Å². The molecule has 1 aliphatic rings. The summed E-state index contributed by atoms with van der Waals surface area (Å²) in [5, 5.41) is 2.81. The van der Waals surface area contributed by atoms with Crippen molar-refractivity contribution in [3.05, 3.63) is 102 Å². The highest BCUT2D eigenvalue weighted by Crippen LogP contribution is 2.27. The van der Waals surface area contributed by atoms with Gasteiger partial charge in [-0.05, 0) is 28.8 Å². The van der Waals surface area contributed by atoms with E-state index < -0.39 is 16.1 Å². The standard InChI is InChI=1S/C23H22N2O3S/c26-22-15-20(16-24-22)17-11-13-21(14-12-17)29(27,28)25-23(18-7-3-1-4-8-18)19-9-5-2-6-10-19/h1-14,20,23,25H,15-16H2,(H,24,26)/t20-/m0/s1. The molecule has 1 heterocycles. The second-order valence-corrected chi connectivity index (χ2v) is 8.86. The largest absolute Gasteiger partial charge is 0.355 e. The normalized spacial score (nSPS) is 16.7. The van der Waals surface area contributed by atoms with Crippen LogP contribution in [-0.4, -0.2) is 20.9 Å². The third-order valence-electron chi connectivity index (χ3n) is 5.18. The first-order valence-corrected chi connectivity index (χ1v) is 11.0. The Kier molecular flexibility index (Phi) is 5.47. The van der Waals surface area contributed by atoms with Gasteiger partial charge in [-0.2, -0.15) is 4.72 Å². The lowest BCUT2D eigenvalue weighted by Crippen LogP contribution is -2.29. The van der Waals surface area contributed by atoms with Crippen LogP contribution in [0.1, 0.15) is 35.1 Å². The molecule has 148 valence electrons. The zero-order valence-corrected chi connectivity index (χ0v) is 16.6. The van der Waals surface area contributed by atoms with E-state index in [4.69, 9.17) is 0 Å². The van der Waals surface area contributed by atoms with Crippen molar-refractivity contribution in [2.24, 2.45) is 0 Å². The molecule has 0 unspecified atom stereocenters. The molecule has 6 heteroatoms. The van der Waals surface area contributed by atoms with E-state index in [0.717, 1.165) is 16.7 Å². The van der Waals surface area contributed by atoms with E-state index in [1.807, 2.05) is 60.7 Å². The van der Waals surface area contributed by atoms with Gasteiger partial charge in [0.1, 0.15) is 0 Å². The molecule has 0 aromatic heterocycles. The van der Waals surface area contributed by atoms with E-state index in [0.29, 0.717) is 13.0 Å². The third kappa shape index (κ3) is 4.39. The molecule has 1 amide bonds. The molecule has 29 heavy (non-hydrogen) atoms. The minimum atomic E-state index is -3.74. The Morgan fingerprint density at radius 1 is 0.828 bits per heavy atom. The Labute approximate surface area is 170 Å². The fourth-order valence-corrected chi connectivity index (χ4v) is 4.82. The molecule has 1 aliphatic heterocycles. The monoisotopic (exact) mass is 406 g/mol. The van der Waals surface area contributed by atoms with Crippen molar-refractivity contribution in [1.82, 2.24) is 10.0 Å². The van der Waals surface area contributed by atoms with Gasteiger partial charge in [0.05, 0.1) is 10.9 Å². The number of hydrogen-bond donors (Lipinski definition) is 2. The molecule has 1 fully saturated rings. The Bertz CT molecular complexity index is 1040. The summed E-state index contributed by atoms with van der Waals surface area (Å²) in [5.74, 6) is 0.121. The van der Waals surface area contributed by atoms with Crippen molar-refractivity contribution in [3.8, 4) is 0 Å². The van der Waals surface area contributed by atoms with Gasteiger partial charge in [-0.3, -0.25) is 4.79 Å². The second kappa shape index (κ2) is 8.19. The third-order valence-corrected chi connectivity index (χ3v) is 6.62. The van der Waals surface area contributed by atoms with Crippen LogP contribution in [0.2, 0.25) is 0 Å². The lowest BCUT2D eigenvalue weighted by Gasteiger charge is -2.20. The summed E-state index contributed by atoms with van der Waals surface area (Å²) in [5.41, 5.74) is 2.70. The predicted octanol–water partition coefficient (Wildman–Crippen LogP) is 3.36. The quantitative estimate of drug-likeness (QED) is 0.659. The van der Waals surface area contributed by atoms with Gasteiger partial charge < -0.3 is 5.32 Å². The van der Waals surface area contributed by atoms with Crippen LogP contribution < -0.4 is 10.0 Å². The molecular weight excluding hydrogens is 384 g/mol. The topological polar surface area (TPSA) is 75.3 Å². The Morgan fingerprint density at radius 2 is 1.38 bits per heavy atom. The van der Waals surface area contributed by atoms with Crippen molar-refractivity contribution in [3.63, 3.8) is 0 Å². The molecule has 1 atom stereocenters. The zero-order chi connectivity index (χ0) is 20.3. The minimum absolute atomic E-state index is 0.0296. The van der Waals surface area contributed by atoms with Gasteiger partial charge in [0, 0.05) is 18.9 Å². The van der Waals surface area contributed by atoms with E-state index >= 15 is 0 Å². The van der Waals surface area contributed by atoms with E-state index in [-0.39, 0.29) is 16.7 Å². The van der Waals surface area contributed by atoms with Gasteiger partial charge in [0.15, 0.2) is 0 Å². The molecule has 3 aromatic rings. The molecule has 0 radical (unpaired) electrons. The van der Waals surface area contributed by atoms with E-state index in [1.165, 1.54) is 0 Å². The molecule has 4 rings (SSSR count). The number of nitrogens with one attached hydrogen (secondary N) is 2. The van der Waals surface area contributed by atoms with Gasteiger partial charge >= 0.3 is 0 Å². The molecule has 5 nitrogen and oxygen atoms in total. The van der Waals surface area contributed by atoms with Gasteiger partial charge in [-0.25, -0.2) is 8.42 Å². The second-order valence-electron chi connectivity index (χ2n) is 7.15. The van der Waals surface area contributed by atoms with E-state index in [9.17, 15) is 13.2 Å². The summed E-state index contributed by atoms with van der Waals surface area (Å²) in [4.78, 5) is 11.6. The summed E-state index contributed by atoms with van der Waals surface area (Å²) >= 11 is 0. The maximum Gasteiger partial charge on any atom is 0.241 e. The molecule has 1 saturated heterocycles. The Morgan fingerprint density at radius 3 is 1.86 bits per heavy atom. The SMILES string of the molecule is O=C1C[C@H](c2ccc(S(=O)(=O)NC(c3ccccc3)c3ccccc3)cc2)CN1. The van der Waals surface area contributed by atoms with Gasteiger partial charge in [-0.15, -0.1) is 0 Å². The summed E-state index contributed by atoms with van der Waals surface area (Å²) in [6.07, 6.45) is 0.439. The fourth-order valence-electron chi connectivity index (χ4n) is 3.60. The number of carbonyl (C=O) groups excluding carboxylic acids is 1. The van der Waals surface area contributed by atoms with Crippen LogP contribution in [0, 0.1) is 0 Å². The summed E-state index contributed by atoms with van der Waals surface area (Å²) < 4.78 is 29.0. The number of hydrogen-bond acceptors (Lipinski definition) is 3. The van der Waals surface area contributed by atoms with Crippen LogP contribution in [0.5, 0.6) is 0 Å². The molecule has 0 bridgehead atoms. The number of sulfonamides is 1. The zero-order valence-electron chi connectivity index (χ0n) is 15.8. The first-order chi connectivity index (χ1) is 14.0. The number of benzene rings is 3. The van der Waals surface area contributed by atoms with Crippen molar-refractivity contribution in [1.29, 1.82) is 0 Å². The lowest BCUT2D eigenvalue weighted by molar-refractivity contribution is -0.119. The summed E-state index contributed by atoms with van der Waals surface area (Å²) in [6.45, 7) is 0.591. The van der Waals surface area contributed by atoms with Crippen molar-refractivity contribution in [2.45, 2.75) is 23.3 Å². The van der Waals surface area contributed by atoms with Crippen LogP contribution in [-0.2, 0) is 14.8 Å². The lowest BCUT2D eigenvalue weighted by atomic mass is 9.99. The first kappa shape index (κ1) is 19.4. The van der Waals surface area contributed by atoms with Crippen LogP contribution in [0.3, 0.4) is 0 Å². The highest BCUT2D eigenvalue weighted by atomic mass is 32.2. The van der Waals surface area contributed by atoms with Gasteiger partial charge in [0.2, 0.25) is 15.9 Å². The first-order valence-electron chi connectivity index (χ1n) is 9.52. The van der Waals surface area contributed by atoms with Crippen LogP contribution in [0.4, 0.5) is 0 Å². The summed E-state index contributed by atoms with van der Waals surface area (Å²) in [7, 11) is -3.74. The Balaban J connectivity index is 1.61. The maximum atomic E-state index is 13.1. The average molecular weight is 407 g/mol. The molecule has 2 N–H and O–H groups in total. The highest BCUT2D eigenvalue weighted by molar-refractivity contribution is 7.89. The number of amides is 1. The van der Waals surface area contributed by atoms with Crippen molar-refractivity contribution < 1.29 is 13.2 Å². The smallest absolute Gasteiger partial charge is 0.241 e. The molecular formula is C23H22N2O3S. The predicted molar refractivity (Wildman–Crippen MR) is 112 cm³/mol. The number of carbonyl (C=O) groups is 1. The molecule has 0 saturated carbocycles. The van der Waals surface area contributed by atoms with Crippen LogP contribution in [0.25, 0.3) is 0 Å². The van der Waals surface area contributed by atoms with Crippen molar-refractivity contribution in [2.75, 3.05) is 6.54 Å². The maximum absolute atomic E-state index is 13.1. The highest BCUT2D eigenvalue weighted by Gasteiger charge is 2.25. The summed E-state index contributed by atoms with van der Waals surface area (Å²) in [6, 6.07) is 25.3. The van der Waals surface area contributed by atoms with Gasteiger partial charge in [0.25, 0.3) is 0 Å². The fraction of sp³-hybridized carbons (Fsp3) is 0.174. The van der Waals surface area contributed by atoms with E-state index in [2.05, 4.69) is 10.0 Å². The van der Waals surface area contributed by atoms with Crippen molar-refractivity contribution >= 4 is 15.9 Å². The molecule has 0 spiro atoms. The molecule has 3 aromatic carbocycles.